The van der Waals surface area contributed by atoms with E-state index in [0.717, 1.165) is 22.3 Å². The average Bonchev–Trinajstić information content (AvgIpc) is 3.22. The molecule has 34 heavy (non-hydrogen) atoms. The van der Waals surface area contributed by atoms with Gasteiger partial charge in [0.15, 0.2) is 22.8 Å². The number of carbonyl (C=O) groups excluding carboxylic acids is 1. The van der Waals surface area contributed by atoms with E-state index in [-0.39, 0.29) is 12.2 Å². The predicted octanol–water partition coefficient (Wildman–Crippen LogP) is 5.26. The molecule has 5 rings (SSSR count). The Kier molecular flexibility index (Phi) is 5.59. The number of pyridine rings is 1. The number of ketones is 1. The summed E-state index contributed by atoms with van der Waals surface area (Å²) >= 11 is 0. The average molecular weight is 450 g/mol. The molecule has 0 bridgehead atoms. The van der Waals surface area contributed by atoms with E-state index in [1.807, 2.05) is 80.1 Å². The van der Waals surface area contributed by atoms with Crippen LogP contribution in [0, 0.1) is 13.8 Å². The van der Waals surface area contributed by atoms with Gasteiger partial charge in [-0.05, 0) is 49.2 Å². The van der Waals surface area contributed by atoms with Crippen LogP contribution in [0.1, 0.15) is 27.0 Å². The quantitative estimate of drug-likeness (QED) is 0.329. The SMILES string of the molecule is Cc1cccc(C(=O)Cc2ccc(C)c(Oc3nc(-c4cccnc4)nc4c3ncn4C)c2)c1. The molecule has 3 heterocycles. The second-order valence-corrected chi connectivity index (χ2v) is 8.29. The molecule has 0 atom stereocenters. The number of imidazole rings is 1. The van der Waals surface area contributed by atoms with E-state index in [9.17, 15) is 4.79 Å². The minimum absolute atomic E-state index is 0.0616. The maximum absolute atomic E-state index is 12.8. The van der Waals surface area contributed by atoms with Gasteiger partial charge in [-0.3, -0.25) is 9.78 Å². The van der Waals surface area contributed by atoms with Crippen molar-refractivity contribution < 1.29 is 9.53 Å². The number of hydrogen-bond acceptors (Lipinski definition) is 6. The molecular weight excluding hydrogens is 426 g/mol. The number of aromatic nitrogens is 5. The number of hydrogen-bond donors (Lipinski definition) is 0. The van der Waals surface area contributed by atoms with Crippen LogP contribution >= 0.6 is 0 Å². The minimum atomic E-state index is 0.0616. The summed E-state index contributed by atoms with van der Waals surface area (Å²) < 4.78 is 8.11. The van der Waals surface area contributed by atoms with Crippen molar-refractivity contribution in [3.05, 3.63) is 95.6 Å². The number of benzene rings is 2. The summed E-state index contributed by atoms with van der Waals surface area (Å²) in [5.41, 5.74) is 5.57. The molecule has 7 heteroatoms. The summed E-state index contributed by atoms with van der Waals surface area (Å²) in [6, 6.07) is 17.2. The van der Waals surface area contributed by atoms with Crippen LogP contribution in [0.2, 0.25) is 0 Å². The smallest absolute Gasteiger partial charge is 0.251 e. The second kappa shape index (κ2) is 8.86. The van der Waals surface area contributed by atoms with Crippen LogP contribution in [-0.4, -0.2) is 30.3 Å². The van der Waals surface area contributed by atoms with E-state index >= 15 is 0 Å². The zero-order chi connectivity index (χ0) is 23.7. The Balaban J connectivity index is 1.50. The third kappa shape index (κ3) is 4.28. The molecule has 0 saturated heterocycles. The van der Waals surface area contributed by atoms with Crippen molar-refractivity contribution in [1.82, 2.24) is 24.5 Å². The van der Waals surface area contributed by atoms with Gasteiger partial charge >= 0.3 is 0 Å². The van der Waals surface area contributed by atoms with E-state index in [0.29, 0.717) is 34.2 Å². The van der Waals surface area contributed by atoms with Crippen molar-refractivity contribution in [2.24, 2.45) is 7.05 Å². The second-order valence-electron chi connectivity index (χ2n) is 8.29. The van der Waals surface area contributed by atoms with Gasteiger partial charge in [0.25, 0.3) is 5.88 Å². The molecule has 0 aliphatic heterocycles. The fourth-order valence-corrected chi connectivity index (χ4v) is 3.75. The van der Waals surface area contributed by atoms with Gasteiger partial charge in [0.1, 0.15) is 5.75 Å². The summed E-state index contributed by atoms with van der Waals surface area (Å²) in [6.45, 7) is 3.94. The summed E-state index contributed by atoms with van der Waals surface area (Å²) in [5, 5.41) is 0. The van der Waals surface area contributed by atoms with E-state index in [2.05, 4.69) is 19.9 Å². The Morgan fingerprint density at radius 2 is 1.91 bits per heavy atom. The van der Waals surface area contributed by atoms with Crippen molar-refractivity contribution in [3.63, 3.8) is 0 Å². The van der Waals surface area contributed by atoms with Gasteiger partial charge in [0.2, 0.25) is 0 Å². The lowest BCUT2D eigenvalue weighted by atomic mass is 10.0. The third-order valence-corrected chi connectivity index (χ3v) is 5.61. The lowest BCUT2D eigenvalue weighted by Gasteiger charge is -2.12. The largest absolute Gasteiger partial charge is 0.437 e. The maximum atomic E-state index is 12.8. The van der Waals surface area contributed by atoms with Gasteiger partial charge in [-0.15, -0.1) is 0 Å². The number of ether oxygens (including phenoxy) is 1. The molecule has 5 aromatic rings. The van der Waals surface area contributed by atoms with Crippen LogP contribution in [0.15, 0.2) is 73.3 Å². The van der Waals surface area contributed by atoms with E-state index in [1.54, 1.807) is 18.7 Å². The fraction of sp³-hybridized carbons (Fsp3) is 0.148. The zero-order valence-corrected chi connectivity index (χ0v) is 19.2. The van der Waals surface area contributed by atoms with Crippen LogP contribution in [0.3, 0.4) is 0 Å². The molecule has 7 nitrogen and oxygen atoms in total. The molecule has 0 aliphatic rings. The first-order valence-electron chi connectivity index (χ1n) is 10.9. The molecule has 0 radical (unpaired) electrons. The topological polar surface area (TPSA) is 82.8 Å². The van der Waals surface area contributed by atoms with E-state index in [4.69, 9.17) is 4.74 Å². The lowest BCUT2D eigenvalue weighted by Crippen LogP contribution is -2.04. The summed E-state index contributed by atoms with van der Waals surface area (Å²) in [6.07, 6.45) is 5.38. The highest BCUT2D eigenvalue weighted by molar-refractivity contribution is 5.97. The number of aryl methyl sites for hydroxylation is 3. The molecule has 3 aromatic heterocycles. The van der Waals surface area contributed by atoms with Gasteiger partial charge < -0.3 is 9.30 Å². The number of Topliss-reactive ketones (excluding diaryl/α,β-unsaturated/α-hetero) is 1. The highest BCUT2D eigenvalue weighted by Crippen LogP contribution is 2.31. The van der Waals surface area contributed by atoms with Crippen LogP contribution < -0.4 is 4.74 Å². The zero-order valence-electron chi connectivity index (χ0n) is 19.2. The molecular formula is C27H23N5O2. The highest BCUT2D eigenvalue weighted by atomic mass is 16.5. The Bertz CT molecular complexity index is 1510. The van der Waals surface area contributed by atoms with Crippen molar-refractivity contribution in [2.45, 2.75) is 20.3 Å². The highest BCUT2D eigenvalue weighted by Gasteiger charge is 2.17. The molecule has 0 N–H and O–H groups in total. The fourth-order valence-electron chi connectivity index (χ4n) is 3.75. The predicted molar refractivity (Wildman–Crippen MR) is 130 cm³/mol. The van der Waals surface area contributed by atoms with Gasteiger partial charge in [0, 0.05) is 37.0 Å². The van der Waals surface area contributed by atoms with Gasteiger partial charge in [-0.2, -0.15) is 4.98 Å². The molecule has 168 valence electrons. The van der Waals surface area contributed by atoms with Crippen molar-refractivity contribution in [1.29, 1.82) is 0 Å². The number of rotatable bonds is 6. The van der Waals surface area contributed by atoms with Gasteiger partial charge in [-0.1, -0.05) is 35.9 Å². The minimum Gasteiger partial charge on any atom is -0.437 e. The normalized spacial score (nSPS) is 11.0. The molecule has 0 saturated carbocycles. The Labute approximate surface area is 197 Å². The van der Waals surface area contributed by atoms with Gasteiger partial charge in [0.05, 0.1) is 6.33 Å². The molecule has 0 spiro atoms. The first-order chi connectivity index (χ1) is 16.5. The van der Waals surface area contributed by atoms with Crippen molar-refractivity contribution in [2.75, 3.05) is 0 Å². The standard InChI is InChI=1S/C27H23N5O2/c1-17-6-4-7-20(12-17)22(33)13-19-10-9-18(2)23(14-19)34-27-24-26(32(3)16-29-24)30-25(31-27)21-8-5-11-28-15-21/h4-12,14-16H,13H2,1-3H3. The van der Waals surface area contributed by atoms with Crippen LogP contribution in [0.5, 0.6) is 11.6 Å². The molecule has 2 aromatic carbocycles. The van der Waals surface area contributed by atoms with Crippen molar-refractivity contribution in [3.8, 4) is 23.0 Å². The van der Waals surface area contributed by atoms with Gasteiger partial charge in [-0.25, -0.2) is 9.97 Å². The molecule has 0 fully saturated rings. The third-order valence-electron chi connectivity index (χ3n) is 5.61. The molecule has 0 aliphatic carbocycles. The maximum Gasteiger partial charge on any atom is 0.251 e. The summed E-state index contributed by atoms with van der Waals surface area (Å²) in [7, 11) is 1.88. The monoisotopic (exact) mass is 449 g/mol. The first-order valence-corrected chi connectivity index (χ1v) is 10.9. The number of fused-ring (bicyclic) bond motifs is 1. The van der Waals surface area contributed by atoms with Crippen LogP contribution in [-0.2, 0) is 13.5 Å². The number of nitrogens with zero attached hydrogens (tertiary/aromatic N) is 5. The van der Waals surface area contributed by atoms with Crippen molar-refractivity contribution >= 4 is 16.9 Å². The number of carbonyl (C=O) groups is 1. The van der Waals surface area contributed by atoms with E-state index < -0.39 is 0 Å². The van der Waals surface area contributed by atoms with Crippen LogP contribution in [0.4, 0.5) is 0 Å². The Morgan fingerprint density at radius 1 is 1.03 bits per heavy atom. The van der Waals surface area contributed by atoms with Crippen LogP contribution in [0.25, 0.3) is 22.6 Å². The lowest BCUT2D eigenvalue weighted by molar-refractivity contribution is 0.0993. The summed E-state index contributed by atoms with van der Waals surface area (Å²) in [4.78, 5) is 30.7. The molecule has 0 unspecified atom stereocenters. The Hall–Kier alpha value is -4.39. The summed E-state index contributed by atoms with van der Waals surface area (Å²) in [5.74, 6) is 1.54. The Morgan fingerprint density at radius 3 is 2.71 bits per heavy atom. The first kappa shape index (κ1) is 21.5. The van der Waals surface area contributed by atoms with E-state index in [1.165, 1.54) is 0 Å². The molecule has 0 amide bonds.